The largest absolute Gasteiger partial charge is 0.367 e. The molecule has 1 saturated heterocycles. The number of nitrogens with zero attached hydrogens (tertiary/aromatic N) is 1. The van der Waals surface area contributed by atoms with Crippen molar-refractivity contribution in [3.05, 3.63) is 65.3 Å². The Morgan fingerprint density at radius 3 is 2.88 bits per heavy atom. The van der Waals surface area contributed by atoms with Crippen LogP contribution < -0.4 is 10.2 Å². The minimum atomic E-state index is -0.276. The van der Waals surface area contributed by atoms with E-state index in [2.05, 4.69) is 22.3 Å². The highest BCUT2D eigenvalue weighted by atomic mass is 32.1. The van der Waals surface area contributed by atoms with Gasteiger partial charge in [-0.1, -0.05) is 18.2 Å². The number of carbonyl (C=O) groups is 1. The number of hydrogen-bond acceptors (Lipinski definition) is 3. The average molecular weight is 354 g/mol. The quantitative estimate of drug-likeness (QED) is 0.751. The van der Waals surface area contributed by atoms with E-state index in [1.165, 1.54) is 29.2 Å². The second-order valence-electron chi connectivity index (χ2n) is 6.33. The molecule has 0 spiro atoms. The van der Waals surface area contributed by atoms with Gasteiger partial charge in [-0.3, -0.25) is 4.79 Å². The van der Waals surface area contributed by atoms with E-state index < -0.39 is 0 Å². The molecule has 3 nitrogen and oxygen atoms in total. The lowest BCUT2D eigenvalue weighted by Crippen LogP contribution is -2.40. The van der Waals surface area contributed by atoms with E-state index in [4.69, 9.17) is 0 Å². The molecule has 1 aromatic heterocycles. The SMILES string of the molecule is O=C(NCC1CCCN1c1ccccc1)c1cc2cc(F)ccc2s1. The minimum absolute atomic E-state index is 0.0819. The molecule has 2 heterocycles. The highest BCUT2D eigenvalue weighted by Crippen LogP contribution is 2.27. The van der Waals surface area contributed by atoms with Crippen molar-refractivity contribution in [3.8, 4) is 0 Å². The molecular formula is C20H19FN2OS. The number of para-hydroxylation sites is 1. The molecule has 0 aliphatic carbocycles. The standard InChI is InChI=1S/C20H19FN2OS/c21-15-8-9-18-14(11-15)12-19(25-18)20(24)22-13-17-7-4-10-23(17)16-5-2-1-3-6-16/h1-3,5-6,8-9,11-12,17H,4,7,10,13H2,(H,22,24). The van der Waals surface area contributed by atoms with Gasteiger partial charge in [0, 0.05) is 29.5 Å². The fourth-order valence-corrected chi connectivity index (χ4v) is 4.39. The van der Waals surface area contributed by atoms with Gasteiger partial charge in [-0.15, -0.1) is 11.3 Å². The minimum Gasteiger partial charge on any atom is -0.367 e. The molecule has 4 rings (SSSR count). The first-order chi connectivity index (χ1) is 12.2. The molecule has 0 bridgehead atoms. The number of halogens is 1. The summed E-state index contributed by atoms with van der Waals surface area (Å²) in [5.74, 6) is -0.358. The van der Waals surface area contributed by atoms with Crippen LogP contribution in [0.2, 0.25) is 0 Å². The summed E-state index contributed by atoms with van der Waals surface area (Å²) in [6.45, 7) is 1.64. The Morgan fingerprint density at radius 2 is 2.04 bits per heavy atom. The molecule has 1 unspecified atom stereocenters. The van der Waals surface area contributed by atoms with Gasteiger partial charge in [-0.2, -0.15) is 0 Å². The van der Waals surface area contributed by atoms with Crippen molar-refractivity contribution >= 4 is 33.0 Å². The van der Waals surface area contributed by atoms with Crippen molar-refractivity contribution in [1.29, 1.82) is 0 Å². The maximum absolute atomic E-state index is 13.3. The lowest BCUT2D eigenvalue weighted by atomic mass is 10.2. The second-order valence-corrected chi connectivity index (χ2v) is 7.41. The molecule has 1 fully saturated rings. The normalized spacial score (nSPS) is 17.2. The summed E-state index contributed by atoms with van der Waals surface area (Å²) < 4.78 is 14.2. The van der Waals surface area contributed by atoms with Crippen molar-refractivity contribution in [1.82, 2.24) is 5.32 Å². The summed E-state index contributed by atoms with van der Waals surface area (Å²) in [4.78, 5) is 15.5. The van der Waals surface area contributed by atoms with E-state index in [0.29, 0.717) is 17.5 Å². The lowest BCUT2D eigenvalue weighted by molar-refractivity contribution is 0.0955. The molecule has 5 heteroatoms. The molecular weight excluding hydrogens is 335 g/mol. The van der Waals surface area contributed by atoms with Crippen molar-refractivity contribution in [3.63, 3.8) is 0 Å². The van der Waals surface area contributed by atoms with Crippen molar-refractivity contribution in [2.75, 3.05) is 18.0 Å². The number of fused-ring (bicyclic) bond motifs is 1. The molecule has 2 aromatic carbocycles. The average Bonchev–Trinajstić information content (AvgIpc) is 3.26. The number of amides is 1. The molecule has 1 amide bonds. The van der Waals surface area contributed by atoms with Crippen LogP contribution in [-0.4, -0.2) is 25.0 Å². The smallest absolute Gasteiger partial charge is 0.261 e. The number of rotatable bonds is 4. The van der Waals surface area contributed by atoms with Crippen LogP contribution in [-0.2, 0) is 0 Å². The van der Waals surface area contributed by atoms with Crippen LogP contribution in [0.1, 0.15) is 22.5 Å². The topological polar surface area (TPSA) is 32.3 Å². The molecule has 1 atom stereocenters. The fourth-order valence-electron chi connectivity index (χ4n) is 3.43. The van der Waals surface area contributed by atoms with Crippen LogP contribution in [0.4, 0.5) is 10.1 Å². The Balaban J connectivity index is 1.44. The van der Waals surface area contributed by atoms with E-state index in [1.54, 1.807) is 12.1 Å². The van der Waals surface area contributed by atoms with Gasteiger partial charge in [0.15, 0.2) is 0 Å². The van der Waals surface area contributed by atoms with Crippen molar-refractivity contribution in [2.24, 2.45) is 0 Å². The van der Waals surface area contributed by atoms with Crippen LogP contribution in [0.15, 0.2) is 54.6 Å². The number of thiophene rings is 1. The third kappa shape index (κ3) is 3.37. The summed E-state index contributed by atoms with van der Waals surface area (Å²) in [6, 6.07) is 17.0. The highest BCUT2D eigenvalue weighted by molar-refractivity contribution is 7.20. The van der Waals surface area contributed by atoms with Crippen LogP contribution in [0.3, 0.4) is 0 Å². The van der Waals surface area contributed by atoms with Gasteiger partial charge in [-0.25, -0.2) is 4.39 Å². The maximum Gasteiger partial charge on any atom is 0.261 e. The zero-order valence-electron chi connectivity index (χ0n) is 13.7. The summed E-state index contributed by atoms with van der Waals surface area (Å²) in [7, 11) is 0. The van der Waals surface area contributed by atoms with E-state index >= 15 is 0 Å². The third-order valence-electron chi connectivity index (χ3n) is 4.67. The molecule has 1 aliphatic heterocycles. The maximum atomic E-state index is 13.3. The predicted octanol–water partition coefficient (Wildman–Crippen LogP) is 4.44. The van der Waals surface area contributed by atoms with E-state index in [1.807, 2.05) is 18.2 Å². The van der Waals surface area contributed by atoms with Gasteiger partial charge in [0.2, 0.25) is 0 Å². The van der Waals surface area contributed by atoms with Crippen LogP contribution in [0.5, 0.6) is 0 Å². The Bertz CT molecular complexity index is 893. The number of anilines is 1. The summed E-state index contributed by atoms with van der Waals surface area (Å²) >= 11 is 1.40. The van der Waals surface area contributed by atoms with E-state index in [0.717, 1.165) is 29.5 Å². The Morgan fingerprint density at radius 1 is 1.20 bits per heavy atom. The number of hydrogen-bond donors (Lipinski definition) is 1. The molecule has 0 radical (unpaired) electrons. The van der Waals surface area contributed by atoms with Gasteiger partial charge in [0.05, 0.1) is 4.88 Å². The van der Waals surface area contributed by atoms with Crippen LogP contribution in [0.25, 0.3) is 10.1 Å². The molecule has 3 aromatic rings. The van der Waals surface area contributed by atoms with Crippen LogP contribution >= 0.6 is 11.3 Å². The first kappa shape index (κ1) is 16.1. The Labute approximate surface area is 150 Å². The highest BCUT2D eigenvalue weighted by Gasteiger charge is 2.25. The van der Waals surface area contributed by atoms with Gasteiger partial charge >= 0.3 is 0 Å². The molecule has 0 saturated carbocycles. The Kier molecular flexibility index (Phi) is 4.40. The van der Waals surface area contributed by atoms with Gasteiger partial charge in [-0.05, 0) is 54.6 Å². The Hall–Kier alpha value is -2.40. The monoisotopic (exact) mass is 354 g/mol. The van der Waals surface area contributed by atoms with E-state index in [-0.39, 0.29) is 11.7 Å². The van der Waals surface area contributed by atoms with E-state index in [9.17, 15) is 9.18 Å². The molecule has 128 valence electrons. The van der Waals surface area contributed by atoms with Gasteiger partial charge in [0.1, 0.15) is 5.82 Å². The zero-order chi connectivity index (χ0) is 17.2. The van der Waals surface area contributed by atoms with Crippen molar-refractivity contribution < 1.29 is 9.18 Å². The fraction of sp³-hybridized carbons (Fsp3) is 0.250. The lowest BCUT2D eigenvalue weighted by Gasteiger charge is -2.27. The van der Waals surface area contributed by atoms with Gasteiger partial charge in [0.25, 0.3) is 5.91 Å². The number of nitrogens with one attached hydrogen (secondary N) is 1. The summed E-state index contributed by atoms with van der Waals surface area (Å²) in [6.07, 6.45) is 2.21. The summed E-state index contributed by atoms with van der Waals surface area (Å²) in [5, 5.41) is 3.83. The zero-order valence-corrected chi connectivity index (χ0v) is 14.6. The van der Waals surface area contributed by atoms with Gasteiger partial charge < -0.3 is 10.2 Å². The predicted molar refractivity (Wildman–Crippen MR) is 101 cm³/mol. The number of benzene rings is 2. The third-order valence-corrected chi connectivity index (χ3v) is 5.78. The summed E-state index contributed by atoms with van der Waals surface area (Å²) in [5.41, 5.74) is 1.21. The van der Waals surface area contributed by atoms with Crippen molar-refractivity contribution in [2.45, 2.75) is 18.9 Å². The second kappa shape index (κ2) is 6.84. The number of carbonyl (C=O) groups excluding carboxylic acids is 1. The molecule has 1 N–H and O–H groups in total. The molecule has 25 heavy (non-hydrogen) atoms. The first-order valence-corrected chi connectivity index (χ1v) is 9.31. The molecule has 1 aliphatic rings. The first-order valence-electron chi connectivity index (χ1n) is 8.50. The van der Waals surface area contributed by atoms with Crippen LogP contribution in [0, 0.1) is 5.82 Å².